The predicted octanol–water partition coefficient (Wildman–Crippen LogP) is 2.35. The zero-order valence-corrected chi connectivity index (χ0v) is 12.6. The number of methoxy groups -OCH3 is 1. The molecule has 0 aliphatic heterocycles. The molecule has 1 saturated carbocycles. The largest absolute Gasteiger partial charge is 0.495 e. The van der Waals surface area contributed by atoms with Crippen molar-refractivity contribution in [2.24, 2.45) is 5.92 Å². The second kappa shape index (κ2) is 6.02. The van der Waals surface area contributed by atoms with Crippen molar-refractivity contribution in [2.45, 2.75) is 19.3 Å². The molecule has 1 aliphatic rings. The van der Waals surface area contributed by atoms with Crippen molar-refractivity contribution in [1.82, 2.24) is 15.0 Å². The summed E-state index contributed by atoms with van der Waals surface area (Å²) in [6, 6.07) is 3.94. The minimum atomic E-state index is 0.433. The molecule has 1 aliphatic carbocycles. The molecule has 0 amide bonds. The van der Waals surface area contributed by atoms with E-state index >= 15 is 0 Å². The Bertz CT molecular complexity index is 707. The SMILES string of the molecule is C#Cc1cnc(C)nc1OC[C@H]1C[C@@H]1c1ccc(OC)cn1. The van der Waals surface area contributed by atoms with Gasteiger partial charge in [-0.2, -0.15) is 4.98 Å². The molecule has 0 saturated heterocycles. The summed E-state index contributed by atoms with van der Waals surface area (Å²) in [4.78, 5) is 12.8. The maximum atomic E-state index is 5.78. The quantitative estimate of drug-likeness (QED) is 0.793. The first kappa shape index (κ1) is 14.3. The summed E-state index contributed by atoms with van der Waals surface area (Å²) in [5, 5.41) is 0. The highest BCUT2D eigenvalue weighted by Gasteiger charge is 2.40. The molecule has 2 aromatic heterocycles. The van der Waals surface area contributed by atoms with E-state index in [1.54, 1.807) is 19.5 Å². The van der Waals surface area contributed by atoms with Crippen LogP contribution in [0.4, 0.5) is 0 Å². The number of hydrogen-bond donors (Lipinski definition) is 0. The number of aromatic nitrogens is 3. The average Bonchev–Trinajstić information content (AvgIpc) is 3.33. The Kier molecular flexibility index (Phi) is 3.92. The number of rotatable bonds is 5. The zero-order valence-electron chi connectivity index (χ0n) is 12.6. The molecule has 2 aromatic rings. The molecule has 0 spiro atoms. The van der Waals surface area contributed by atoms with Crippen LogP contribution in [0, 0.1) is 25.2 Å². The van der Waals surface area contributed by atoms with Crippen molar-refractivity contribution in [2.75, 3.05) is 13.7 Å². The number of nitrogens with zero attached hydrogens (tertiary/aromatic N) is 3. The van der Waals surface area contributed by atoms with Crippen molar-refractivity contribution >= 4 is 0 Å². The molecular formula is C17H17N3O2. The molecule has 0 aromatic carbocycles. The van der Waals surface area contributed by atoms with Gasteiger partial charge in [-0.05, 0) is 25.5 Å². The first-order valence-electron chi connectivity index (χ1n) is 7.14. The molecule has 0 unspecified atom stereocenters. The number of ether oxygens (including phenoxy) is 2. The van der Waals surface area contributed by atoms with Crippen LogP contribution in [0.2, 0.25) is 0 Å². The third kappa shape index (κ3) is 3.01. The van der Waals surface area contributed by atoms with Crippen LogP contribution in [-0.4, -0.2) is 28.7 Å². The lowest BCUT2D eigenvalue weighted by molar-refractivity contribution is 0.283. The highest BCUT2D eigenvalue weighted by molar-refractivity contribution is 5.38. The predicted molar refractivity (Wildman–Crippen MR) is 81.8 cm³/mol. The summed E-state index contributed by atoms with van der Waals surface area (Å²) in [5.74, 6) is 5.34. The van der Waals surface area contributed by atoms with Gasteiger partial charge in [-0.1, -0.05) is 5.92 Å². The standard InChI is InChI=1S/C17H17N3O2/c1-4-12-8-18-11(2)20-17(12)22-10-13-7-15(13)16-6-5-14(21-3)9-19-16/h1,5-6,8-9,13,15H,7,10H2,2-3H3/t13-,15+/m1/s1. The molecule has 2 heterocycles. The van der Waals surface area contributed by atoms with Gasteiger partial charge in [-0.25, -0.2) is 4.98 Å². The van der Waals surface area contributed by atoms with Crippen molar-refractivity contribution in [3.8, 4) is 24.0 Å². The lowest BCUT2D eigenvalue weighted by Crippen LogP contribution is -2.05. The topological polar surface area (TPSA) is 57.1 Å². The van der Waals surface area contributed by atoms with Crippen LogP contribution in [0.25, 0.3) is 0 Å². The Hall–Kier alpha value is -2.61. The van der Waals surface area contributed by atoms with Gasteiger partial charge in [0.1, 0.15) is 17.1 Å². The van der Waals surface area contributed by atoms with Crippen LogP contribution >= 0.6 is 0 Å². The second-order valence-electron chi connectivity index (χ2n) is 5.32. The van der Waals surface area contributed by atoms with Crippen molar-refractivity contribution in [3.63, 3.8) is 0 Å². The molecule has 2 atom stereocenters. The van der Waals surface area contributed by atoms with Gasteiger partial charge in [0.25, 0.3) is 0 Å². The van der Waals surface area contributed by atoms with Gasteiger partial charge in [0.15, 0.2) is 0 Å². The number of terminal acetylenes is 1. The molecule has 1 fully saturated rings. The number of hydrogen-bond acceptors (Lipinski definition) is 5. The lowest BCUT2D eigenvalue weighted by atomic mass is 10.2. The minimum absolute atomic E-state index is 0.433. The van der Waals surface area contributed by atoms with Crippen LogP contribution < -0.4 is 9.47 Å². The van der Waals surface area contributed by atoms with Crippen molar-refractivity contribution in [3.05, 3.63) is 41.6 Å². The maximum absolute atomic E-state index is 5.78. The van der Waals surface area contributed by atoms with E-state index in [4.69, 9.17) is 15.9 Å². The van der Waals surface area contributed by atoms with Crippen LogP contribution in [0.1, 0.15) is 29.4 Å². The van der Waals surface area contributed by atoms with E-state index in [0.29, 0.717) is 35.7 Å². The Balaban J connectivity index is 1.60. The van der Waals surface area contributed by atoms with Crippen LogP contribution in [0.3, 0.4) is 0 Å². The molecule has 0 radical (unpaired) electrons. The van der Waals surface area contributed by atoms with Crippen LogP contribution in [0.15, 0.2) is 24.5 Å². The first-order chi connectivity index (χ1) is 10.7. The Labute approximate surface area is 129 Å². The molecular weight excluding hydrogens is 278 g/mol. The highest BCUT2D eigenvalue weighted by Crippen LogP contribution is 2.46. The summed E-state index contributed by atoms with van der Waals surface area (Å²) < 4.78 is 10.9. The van der Waals surface area contributed by atoms with Gasteiger partial charge >= 0.3 is 0 Å². The van der Waals surface area contributed by atoms with E-state index in [-0.39, 0.29) is 0 Å². The minimum Gasteiger partial charge on any atom is -0.495 e. The Morgan fingerprint density at radius 2 is 2.18 bits per heavy atom. The molecule has 112 valence electrons. The summed E-state index contributed by atoms with van der Waals surface area (Å²) >= 11 is 0. The summed E-state index contributed by atoms with van der Waals surface area (Å²) in [7, 11) is 1.64. The fourth-order valence-electron chi connectivity index (χ4n) is 2.37. The number of aryl methyl sites for hydroxylation is 1. The average molecular weight is 295 g/mol. The zero-order chi connectivity index (χ0) is 15.5. The monoisotopic (exact) mass is 295 g/mol. The third-order valence-corrected chi connectivity index (χ3v) is 3.76. The Morgan fingerprint density at radius 3 is 2.86 bits per heavy atom. The molecule has 22 heavy (non-hydrogen) atoms. The fraction of sp³-hybridized carbons (Fsp3) is 0.353. The normalized spacial score (nSPS) is 19.3. The fourth-order valence-corrected chi connectivity index (χ4v) is 2.37. The molecule has 0 N–H and O–H groups in total. The van der Waals surface area contributed by atoms with Crippen LogP contribution in [-0.2, 0) is 0 Å². The van der Waals surface area contributed by atoms with Gasteiger partial charge in [-0.3, -0.25) is 4.98 Å². The van der Waals surface area contributed by atoms with E-state index in [0.717, 1.165) is 17.9 Å². The third-order valence-electron chi connectivity index (χ3n) is 3.76. The van der Waals surface area contributed by atoms with Crippen LogP contribution in [0.5, 0.6) is 11.6 Å². The van der Waals surface area contributed by atoms with Gasteiger partial charge in [0, 0.05) is 17.5 Å². The van der Waals surface area contributed by atoms with Gasteiger partial charge in [0.2, 0.25) is 5.88 Å². The number of pyridine rings is 1. The van der Waals surface area contributed by atoms with Gasteiger partial charge in [0.05, 0.1) is 26.1 Å². The van der Waals surface area contributed by atoms with Gasteiger partial charge < -0.3 is 9.47 Å². The Morgan fingerprint density at radius 1 is 1.32 bits per heavy atom. The van der Waals surface area contributed by atoms with E-state index in [9.17, 15) is 0 Å². The summed E-state index contributed by atoms with van der Waals surface area (Å²) in [6.07, 6.45) is 9.86. The van der Waals surface area contributed by atoms with Crippen molar-refractivity contribution < 1.29 is 9.47 Å². The van der Waals surface area contributed by atoms with E-state index in [1.807, 2.05) is 19.1 Å². The summed E-state index contributed by atoms with van der Waals surface area (Å²) in [5.41, 5.74) is 1.66. The summed E-state index contributed by atoms with van der Waals surface area (Å²) in [6.45, 7) is 2.40. The smallest absolute Gasteiger partial charge is 0.232 e. The lowest BCUT2D eigenvalue weighted by Gasteiger charge is -2.07. The molecule has 0 bridgehead atoms. The van der Waals surface area contributed by atoms with E-state index in [2.05, 4.69) is 20.9 Å². The van der Waals surface area contributed by atoms with Gasteiger partial charge in [-0.15, -0.1) is 6.42 Å². The van der Waals surface area contributed by atoms with Crippen molar-refractivity contribution in [1.29, 1.82) is 0 Å². The maximum Gasteiger partial charge on any atom is 0.232 e. The molecule has 5 heteroatoms. The van der Waals surface area contributed by atoms with E-state index in [1.165, 1.54) is 0 Å². The highest BCUT2D eigenvalue weighted by atomic mass is 16.5. The molecule has 3 rings (SSSR count). The first-order valence-corrected chi connectivity index (χ1v) is 7.14. The second-order valence-corrected chi connectivity index (χ2v) is 5.32. The van der Waals surface area contributed by atoms with E-state index < -0.39 is 0 Å². The molecule has 5 nitrogen and oxygen atoms in total.